The fraction of sp³-hybridized carbons (Fsp3) is 0.923. The molecule has 2 fully saturated rings. The molecule has 1 aliphatic heterocycles. The number of hydrogen-bond acceptors (Lipinski definition) is 5. The van der Waals surface area contributed by atoms with Crippen molar-refractivity contribution in [2.75, 3.05) is 26.9 Å². The van der Waals surface area contributed by atoms with E-state index in [4.69, 9.17) is 9.47 Å². The fourth-order valence-electron chi connectivity index (χ4n) is 3.17. The van der Waals surface area contributed by atoms with Gasteiger partial charge in [0.05, 0.1) is 31.5 Å². The zero-order valence-electron chi connectivity index (χ0n) is 12.1. The van der Waals surface area contributed by atoms with Gasteiger partial charge in [0, 0.05) is 12.6 Å². The molecule has 1 heterocycles. The Morgan fingerprint density at radius 2 is 2.15 bits per heavy atom. The Hall–Kier alpha value is -0.660. The molecule has 2 rings (SSSR count). The van der Waals surface area contributed by atoms with Gasteiger partial charge in [0.1, 0.15) is 0 Å². The molecular weight excluding hydrogens is 282 g/mol. The number of methoxy groups -OCH3 is 1. The number of carbonyl (C=O) groups excluding carboxylic acids is 1. The summed E-state index contributed by atoms with van der Waals surface area (Å²) in [7, 11) is -2.16. The molecule has 0 radical (unpaired) electrons. The van der Waals surface area contributed by atoms with Crippen LogP contribution in [0.15, 0.2) is 0 Å². The Morgan fingerprint density at radius 1 is 1.40 bits per heavy atom. The number of esters is 1. The minimum absolute atomic E-state index is 0.118. The molecule has 3 unspecified atom stereocenters. The van der Waals surface area contributed by atoms with Gasteiger partial charge in [-0.15, -0.1) is 0 Å². The summed E-state index contributed by atoms with van der Waals surface area (Å²) < 4.78 is 37.4. The van der Waals surface area contributed by atoms with Crippen LogP contribution in [-0.2, 0) is 24.3 Å². The van der Waals surface area contributed by atoms with Crippen LogP contribution in [-0.4, -0.2) is 56.9 Å². The van der Waals surface area contributed by atoms with Gasteiger partial charge in [0.15, 0.2) is 0 Å². The smallest absolute Gasteiger partial charge is 0.310 e. The average Bonchev–Trinajstić information content (AvgIpc) is 2.96. The third-order valence-electron chi connectivity index (χ3n) is 4.31. The van der Waals surface area contributed by atoms with Crippen LogP contribution in [0, 0.1) is 5.92 Å². The molecule has 1 saturated carbocycles. The van der Waals surface area contributed by atoms with Crippen molar-refractivity contribution in [3.63, 3.8) is 0 Å². The summed E-state index contributed by atoms with van der Waals surface area (Å²) in [5.41, 5.74) is 0. The van der Waals surface area contributed by atoms with Gasteiger partial charge in [-0.1, -0.05) is 13.3 Å². The molecule has 1 aliphatic carbocycles. The van der Waals surface area contributed by atoms with E-state index in [1.54, 1.807) is 4.31 Å². The lowest BCUT2D eigenvalue weighted by molar-refractivity contribution is -0.145. The topological polar surface area (TPSA) is 72.9 Å². The Morgan fingerprint density at radius 3 is 2.80 bits per heavy atom. The summed E-state index contributed by atoms with van der Waals surface area (Å²) in [5, 5.41) is -0.637. The van der Waals surface area contributed by atoms with Crippen LogP contribution in [0.3, 0.4) is 0 Å². The molecule has 3 atom stereocenters. The van der Waals surface area contributed by atoms with Crippen molar-refractivity contribution in [3.8, 4) is 0 Å². The minimum Gasteiger partial charge on any atom is -0.469 e. The lowest BCUT2D eigenvalue weighted by Crippen LogP contribution is -2.52. The lowest BCUT2D eigenvalue weighted by Gasteiger charge is -2.36. The number of morpholine rings is 1. The highest BCUT2D eigenvalue weighted by atomic mass is 32.2. The predicted octanol–water partition coefficient (Wildman–Crippen LogP) is 0.769. The van der Waals surface area contributed by atoms with Gasteiger partial charge in [-0.3, -0.25) is 4.79 Å². The molecule has 0 amide bonds. The summed E-state index contributed by atoms with van der Waals surface area (Å²) in [5.74, 6) is -0.928. The largest absolute Gasteiger partial charge is 0.469 e. The van der Waals surface area contributed by atoms with Gasteiger partial charge in [-0.2, -0.15) is 4.31 Å². The lowest BCUT2D eigenvalue weighted by atomic mass is 10.1. The van der Waals surface area contributed by atoms with E-state index in [2.05, 4.69) is 0 Å². The van der Waals surface area contributed by atoms with Crippen LogP contribution >= 0.6 is 0 Å². The summed E-state index contributed by atoms with van der Waals surface area (Å²) in [6, 6.07) is -0.118. The molecule has 116 valence electrons. The maximum Gasteiger partial charge on any atom is 0.310 e. The number of sulfonamides is 1. The summed E-state index contributed by atoms with van der Waals surface area (Å²) in [6.45, 7) is 3.19. The highest BCUT2D eigenvalue weighted by Gasteiger charge is 2.46. The van der Waals surface area contributed by atoms with Gasteiger partial charge in [0.25, 0.3) is 0 Å². The second-order valence-electron chi connectivity index (χ2n) is 5.39. The zero-order valence-corrected chi connectivity index (χ0v) is 12.9. The van der Waals surface area contributed by atoms with Crippen LogP contribution in [0.5, 0.6) is 0 Å². The van der Waals surface area contributed by atoms with E-state index in [1.165, 1.54) is 7.11 Å². The highest BCUT2D eigenvalue weighted by molar-refractivity contribution is 7.89. The first kappa shape index (κ1) is 15.7. The van der Waals surface area contributed by atoms with Crippen LogP contribution < -0.4 is 0 Å². The number of nitrogens with zero attached hydrogens (tertiary/aromatic N) is 1. The maximum absolute atomic E-state index is 12.9. The first-order valence-electron chi connectivity index (χ1n) is 7.18. The Balaban J connectivity index is 2.22. The highest BCUT2D eigenvalue weighted by Crippen LogP contribution is 2.35. The van der Waals surface area contributed by atoms with E-state index in [-0.39, 0.29) is 6.04 Å². The Bertz CT molecular complexity index is 450. The fourth-order valence-corrected chi connectivity index (χ4v) is 5.60. The number of hydrogen-bond donors (Lipinski definition) is 0. The van der Waals surface area contributed by atoms with Crippen molar-refractivity contribution in [1.82, 2.24) is 4.31 Å². The second-order valence-corrected chi connectivity index (χ2v) is 7.50. The zero-order chi connectivity index (χ0) is 14.8. The monoisotopic (exact) mass is 305 g/mol. The van der Waals surface area contributed by atoms with Crippen LogP contribution in [0.1, 0.15) is 32.6 Å². The van der Waals surface area contributed by atoms with Crippen molar-refractivity contribution in [2.45, 2.75) is 43.9 Å². The molecule has 0 bridgehead atoms. The molecule has 0 aromatic carbocycles. The van der Waals surface area contributed by atoms with Gasteiger partial charge in [0.2, 0.25) is 10.0 Å². The molecule has 0 aromatic rings. The number of ether oxygens (including phenoxy) is 2. The SMILES string of the molecule is CCC1COCCN1S(=O)(=O)C1CCCC1C(=O)OC. The first-order chi connectivity index (χ1) is 9.52. The second kappa shape index (κ2) is 6.41. The number of rotatable bonds is 4. The Kier molecular flexibility index (Phi) is 5.04. The van der Waals surface area contributed by atoms with E-state index in [0.29, 0.717) is 32.6 Å². The van der Waals surface area contributed by atoms with E-state index < -0.39 is 27.2 Å². The molecule has 1 saturated heterocycles. The molecular formula is C13H23NO5S. The van der Waals surface area contributed by atoms with Crippen LogP contribution in [0.25, 0.3) is 0 Å². The summed E-state index contributed by atoms with van der Waals surface area (Å²) >= 11 is 0. The first-order valence-corrected chi connectivity index (χ1v) is 8.69. The van der Waals surface area contributed by atoms with E-state index >= 15 is 0 Å². The normalized spacial score (nSPS) is 32.2. The van der Waals surface area contributed by atoms with Gasteiger partial charge < -0.3 is 9.47 Å². The quantitative estimate of drug-likeness (QED) is 0.717. The summed E-state index contributed by atoms with van der Waals surface area (Å²) in [4.78, 5) is 11.8. The van der Waals surface area contributed by atoms with E-state index in [1.807, 2.05) is 6.92 Å². The molecule has 0 aromatic heterocycles. The van der Waals surface area contributed by atoms with Crippen molar-refractivity contribution in [3.05, 3.63) is 0 Å². The van der Waals surface area contributed by atoms with E-state index in [0.717, 1.165) is 12.8 Å². The molecule has 0 spiro atoms. The van der Waals surface area contributed by atoms with Crippen molar-refractivity contribution in [1.29, 1.82) is 0 Å². The predicted molar refractivity (Wildman–Crippen MR) is 73.7 cm³/mol. The standard InChI is InChI=1S/C13H23NO5S/c1-3-10-9-19-8-7-14(10)20(16,17)12-6-4-5-11(12)13(15)18-2/h10-12H,3-9H2,1-2H3. The average molecular weight is 305 g/mol. The van der Waals surface area contributed by atoms with Crippen LogP contribution in [0.2, 0.25) is 0 Å². The molecule has 2 aliphatic rings. The third kappa shape index (κ3) is 2.84. The van der Waals surface area contributed by atoms with Crippen molar-refractivity contribution < 1.29 is 22.7 Å². The maximum atomic E-state index is 12.9. The summed E-state index contributed by atoms with van der Waals surface area (Å²) in [6.07, 6.45) is 2.60. The van der Waals surface area contributed by atoms with Crippen LogP contribution in [0.4, 0.5) is 0 Å². The minimum atomic E-state index is -3.47. The molecule has 20 heavy (non-hydrogen) atoms. The van der Waals surface area contributed by atoms with E-state index in [9.17, 15) is 13.2 Å². The van der Waals surface area contributed by atoms with Gasteiger partial charge in [-0.25, -0.2) is 8.42 Å². The van der Waals surface area contributed by atoms with Crippen molar-refractivity contribution >= 4 is 16.0 Å². The number of carbonyl (C=O) groups is 1. The van der Waals surface area contributed by atoms with Gasteiger partial charge >= 0.3 is 5.97 Å². The van der Waals surface area contributed by atoms with Gasteiger partial charge in [-0.05, 0) is 19.3 Å². The molecule has 7 heteroatoms. The molecule has 6 nitrogen and oxygen atoms in total. The molecule has 0 N–H and O–H groups in total. The van der Waals surface area contributed by atoms with Crippen molar-refractivity contribution in [2.24, 2.45) is 5.92 Å². The third-order valence-corrected chi connectivity index (χ3v) is 6.77. The Labute approximate surface area is 120 Å².